The summed E-state index contributed by atoms with van der Waals surface area (Å²) in [7, 11) is 1.26. The van der Waals surface area contributed by atoms with Crippen LogP contribution in [0.2, 0.25) is 0 Å². The number of halogens is 1. The number of allylic oxidation sites excluding steroid dienone is 1. The van der Waals surface area contributed by atoms with Gasteiger partial charge in [0.15, 0.2) is 0 Å². The largest absolute Gasteiger partial charge is 0.468 e. The van der Waals surface area contributed by atoms with Gasteiger partial charge in [-0.25, -0.2) is 4.39 Å². The molecular weight excluding hydrogens is 309 g/mol. The van der Waals surface area contributed by atoms with E-state index in [1.165, 1.54) is 13.2 Å². The second-order valence-corrected chi connectivity index (χ2v) is 6.31. The molecule has 4 nitrogen and oxygen atoms in total. The molecule has 130 valence electrons. The minimum absolute atomic E-state index is 0.0171. The number of carbonyl (C=O) groups excluding carboxylic acids is 2. The van der Waals surface area contributed by atoms with Crippen LogP contribution in [0.25, 0.3) is 0 Å². The van der Waals surface area contributed by atoms with E-state index in [4.69, 9.17) is 4.74 Å². The molecule has 2 rings (SSSR count). The first-order valence-corrected chi connectivity index (χ1v) is 8.29. The number of amides is 1. The molecule has 1 N–H and O–H groups in total. The summed E-state index contributed by atoms with van der Waals surface area (Å²) in [6.45, 7) is 1.57. The van der Waals surface area contributed by atoms with Crippen LogP contribution in [0.4, 0.5) is 4.39 Å². The standard InChI is InChI=1S/C19H24FNO3/c1-19(18(23)24-2,15-11-7-8-12-16(15)20)13-21-17(22)14-9-5-3-4-6-10-14/h7-9,11-12H,3-6,10,13H2,1-2H3,(H,21,22). The number of rotatable bonds is 5. The van der Waals surface area contributed by atoms with E-state index in [2.05, 4.69) is 5.32 Å². The van der Waals surface area contributed by atoms with Crippen LogP contribution in [0.3, 0.4) is 0 Å². The number of hydrogen-bond donors (Lipinski definition) is 1. The minimum Gasteiger partial charge on any atom is -0.468 e. The second-order valence-electron chi connectivity index (χ2n) is 6.31. The minimum atomic E-state index is -1.28. The molecule has 1 aliphatic carbocycles. The van der Waals surface area contributed by atoms with Crippen molar-refractivity contribution in [2.45, 2.75) is 44.4 Å². The number of methoxy groups -OCH3 is 1. The summed E-state index contributed by atoms with van der Waals surface area (Å²) in [5, 5.41) is 2.79. The van der Waals surface area contributed by atoms with Crippen molar-refractivity contribution in [2.24, 2.45) is 0 Å². The summed E-state index contributed by atoms with van der Waals surface area (Å²) >= 11 is 0. The van der Waals surface area contributed by atoms with E-state index in [1.807, 2.05) is 6.08 Å². The topological polar surface area (TPSA) is 55.4 Å². The normalized spacial score (nSPS) is 17.2. The van der Waals surface area contributed by atoms with Crippen LogP contribution < -0.4 is 5.32 Å². The molecular formula is C19H24FNO3. The van der Waals surface area contributed by atoms with Gasteiger partial charge in [-0.05, 0) is 38.7 Å². The Morgan fingerprint density at radius 1 is 1.25 bits per heavy atom. The second kappa shape index (κ2) is 8.08. The molecule has 0 aliphatic heterocycles. The molecule has 1 aromatic rings. The average molecular weight is 333 g/mol. The van der Waals surface area contributed by atoms with Gasteiger partial charge in [-0.3, -0.25) is 9.59 Å². The molecule has 0 heterocycles. The van der Waals surface area contributed by atoms with Crippen molar-refractivity contribution in [2.75, 3.05) is 13.7 Å². The molecule has 5 heteroatoms. The number of benzene rings is 1. The zero-order valence-electron chi connectivity index (χ0n) is 14.2. The van der Waals surface area contributed by atoms with Gasteiger partial charge in [0.2, 0.25) is 5.91 Å². The number of ether oxygens (including phenoxy) is 1. The number of carbonyl (C=O) groups is 2. The fourth-order valence-corrected chi connectivity index (χ4v) is 3.00. The van der Waals surface area contributed by atoms with E-state index in [0.29, 0.717) is 0 Å². The highest BCUT2D eigenvalue weighted by atomic mass is 19.1. The van der Waals surface area contributed by atoms with Gasteiger partial charge in [-0.1, -0.05) is 30.7 Å². The summed E-state index contributed by atoms with van der Waals surface area (Å²) in [5.41, 5.74) is -0.318. The predicted octanol–water partition coefficient (Wildman–Crippen LogP) is 3.26. The summed E-state index contributed by atoms with van der Waals surface area (Å²) in [4.78, 5) is 24.7. The Hall–Kier alpha value is -2.17. The quantitative estimate of drug-likeness (QED) is 0.842. The van der Waals surface area contributed by atoms with Crippen LogP contribution >= 0.6 is 0 Å². The highest BCUT2D eigenvalue weighted by Crippen LogP contribution is 2.27. The first-order chi connectivity index (χ1) is 11.5. The van der Waals surface area contributed by atoms with Gasteiger partial charge in [0.05, 0.1) is 7.11 Å². The number of hydrogen-bond acceptors (Lipinski definition) is 3. The lowest BCUT2D eigenvalue weighted by molar-refractivity contribution is -0.147. The Bertz CT molecular complexity index is 641. The Kier molecular flexibility index (Phi) is 6.12. The molecule has 0 spiro atoms. The van der Waals surface area contributed by atoms with Crippen molar-refractivity contribution in [3.8, 4) is 0 Å². The Morgan fingerprint density at radius 2 is 2.00 bits per heavy atom. The molecule has 24 heavy (non-hydrogen) atoms. The van der Waals surface area contributed by atoms with Crippen molar-refractivity contribution in [1.82, 2.24) is 5.32 Å². The van der Waals surface area contributed by atoms with Crippen molar-refractivity contribution in [1.29, 1.82) is 0 Å². The van der Waals surface area contributed by atoms with Gasteiger partial charge in [-0.2, -0.15) is 0 Å². The van der Waals surface area contributed by atoms with E-state index in [0.717, 1.165) is 37.7 Å². The molecule has 1 aliphatic rings. The highest BCUT2D eigenvalue weighted by molar-refractivity contribution is 5.94. The Labute approximate surface area is 142 Å². The molecule has 1 unspecified atom stereocenters. The molecule has 1 atom stereocenters. The smallest absolute Gasteiger partial charge is 0.317 e. The van der Waals surface area contributed by atoms with Crippen molar-refractivity contribution >= 4 is 11.9 Å². The summed E-state index contributed by atoms with van der Waals surface area (Å²) in [6, 6.07) is 6.07. The van der Waals surface area contributed by atoms with Crippen LogP contribution in [0, 0.1) is 5.82 Å². The maximum absolute atomic E-state index is 14.2. The maximum atomic E-state index is 14.2. The highest BCUT2D eigenvalue weighted by Gasteiger charge is 2.39. The van der Waals surface area contributed by atoms with Crippen molar-refractivity contribution in [3.63, 3.8) is 0 Å². The van der Waals surface area contributed by atoms with Crippen LogP contribution in [-0.4, -0.2) is 25.5 Å². The molecule has 0 aromatic heterocycles. The average Bonchev–Trinajstić information content (AvgIpc) is 2.88. The fourth-order valence-electron chi connectivity index (χ4n) is 3.00. The van der Waals surface area contributed by atoms with Gasteiger partial charge >= 0.3 is 5.97 Å². The van der Waals surface area contributed by atoms with Gasteiger partial charge in [0.25, 0.3) is 0 Å². The third-order valence-electron chi connectivity index (χ3n) is 4.54. The lowest BCUT2D eigenvalue weighted by atomic mass is 9.82. The van der Waals surface area contributed by atoms with Gasteiger partial charge in [-0.15, -0.1) is 0 Å². The van der Waals surface area contributed by atoms with Crippen molar-refractivity contribution in [3.05, 3.63) is 47.3 Å². The molecule has 0 saturated heterocycles. The molecule has 0 bridgehead atoms. The Morgan fingerprint density at radius 3 is 2.71 bits per heavy atom. The summed E-state index contributed by atoms with van der Waals surface area (Å²) in [5.74, 6) is -1.26. The van der Waals surface area contributed by atoms with E-state index in [-0.39, 0.29) is 18.0 Å². The third-order valence-corrected chi connectivity index (χ3v) is 4.54. The zero-order chi connectivity index (χ0) is 17.6. The van der Waals surface area contributed by atoms with Gasteiger partial charge in [0.1, 0.15) is 11.2 Å². The summed E-state index contributed by atoms with van der Waals surface area (Å²) < 4.78 is 19.0. The lowest BCUT2D eigenvalue weighted by Gasteiger charge is -2.28. The fraction of sp³-hybridized carbons (Fsp3) is 0.474. The molecule has 1 aromatic carbocycles. The van der Waals surface area contributed by atoms with E-state index in [9.17, 15) is 14.0 Å². The summed E-state index contributed by atoms with van der Waals surface area (Å²) in [6.07, 6.45) is 6.78. The first-order valence-electron chi connectivity index (χ1n) is 8.29. The van der Waals surface area contributed by atoms with E-state index < -0.39 is 17.2 Å². The van der Waals surface area contributed by atoms with Crippen LogP contribution in [0.5, 0.6) is 0 Å². The van der Waals surface area contributed by atoms with Crippen LogP contribution in [-0.2, 0) is 19.7 Å². The van der Waals surface area contributed by atoms with Gasteiger partial charge in [0, 0.05) is 17.7 Å². The molecule has 0 saturated carbocycles. The lowest BCUT2D eigenvalue weighted by Crippen LogP contribution is -2.46. The van der Waals surface area contributed by atoms with Crippen LogP contribution in [0.1, 0.15) is 44.6 Å². The van der Waals surface area contributed by atoms with Gasteiger partial charge < -0.3 is 10.1 Å². The van der Waals surface area contributed by atoms with E-state index >= 15 is 0 Å². The SMILES string of the molecule is COC(=O)C(C)(CNC(=O)C1=CCCCCC1)c1ccccc1F. The predicted molar refractivity (Wildman–Crippen MR) is 89.9 cm³/mol. The maximum Gasteiger partial charge on any atom is 0.317 e. The molecule has 0 radical (unpaired) electrons. The number of esters is 1. The first kappa shape index (κ1) is 18.2. The van der Waals surface area contributed by atoms with E-state index in [1.54, 1.807) is 25.1 Å². The third kappa shape index (κ3) is 4.02. The Balaban J connectivity index is 2.18. The van der Waals surface area contributed by atoms with Crippen molar-refractivity contribution < 1.29 is 18.7 Å². The number of nitrogens with one attached hydrogen (secondary N) is 1. The van der Waals surface area contributed by atoms with Crippen LogP contribution in [0.15, 0.2) is 35.9 Å². The zero-order valence-corrected chi connectivity index (χ0v) is 14.2. The monoisotopic (exact) mass is 333 g/mol. The molecule has 1 amide bonds. The molecule has 0 fully saturated rings.